The van der Waals surface area contributed by atoms with Crippen molar-refractivity contribution in [3.05, 3.63) is 82.1 Å². The molecule has 10 nitrogen and oxygen atoms in total. The Hall–Kier alpha value is -4.52. The van der Waals surface area contributed by atoms with Gasteiger partial charge in [-0.05, 0) is 156 Å². The smallest absolute Gasteiger partial charge is 0.471 e. The molecule has 326 valence electrons. The van der Waals surface area contributed by atoms with E-state index in [1.165, 1.54) is 29.8 Å². The summed E-state index contributed by atoms with van der Waals surface area (Å²) >= 11 is 6.26. The van der Waals surface area contributed by atoms with Crippen LogP contribution in [0.2, 0.25) is 5.02 Å². The number of carbonyl (C=O) groups excluding carboxylic acids is 3. The normalized spacial score (nSPS) is 23.4. The minimum absolute atomic E-state index is 0.0199. The molecule has 0 aliphatic heterocycles. The SMILES string of the molecule is COC(=O)C1(N(C(=O)C(F)(F)F)c2cccc(Cl)c2)CCC2(CC1)c1cc(O[C@H](C)CNC(=O)OC(C)(C)C)ccc1C[C@@H]2C[C@@H](C)COc1ccnc2c1[C@H](C)CCC2. The number of benzene rings is 2. The van der Waals surface area contributed by atoms with Crippen LogP contribution in [0.1, 0.15) is 115 Å². The fourth-order valence-electron chi connectivity index (χ4n) is 9.73. The van der Waals surface area contributed by atoms with Gasteiger partial charge >= 0.3 is 24.1 Å². The molecule has 0 saturated heterocycles. The summed E-state index contributed by atoms with van der Waals surface area (Å²) in [5, 5.41) is 2.86. The Morgan fingerprint density at radius 2 is 1.77 bits per heavy atom. The number of hydrogen-bond acceptors (Lipinski definition) is 8. The predicted octanol–water partition coefficient (Wildman–Crippen LogP) is 10.1. The number of carbonyl (C=O) groups is 3. The number of aromatic nitrogens is 1. The second kappa shape index (κ2) is 17.8. The highest BCUT2D eigenvalue weighted by molar-refractivity contribution is 6.31. The van der Waals surface area contributed by atoms with Gasteiger partial charge in [0.15, 0.2) is 0 Å². The first-order chi connectivity index (χ1) is 28.3. The summed E-state index contributed by atoms with van der Waals surface area (Å²) in [5.41, 5.74) is 0.986. The number of aryl methyl sites for hydroxylation is 1. The number of esters is 1. The second-order valence-electron chi connectivity index (χ2n) is 17.9. The van der Waals surface area contributed by atoms with Crippen molar-refractivity contribution in [2.45, 2.75) is 134 Å². The number of anilines is 1. The van der Waals surface area contributed by atoms with Crippen LogP contribution >= 0.6 is 11.6 Å². The Morgan fingerprint density at radius 1 is 1.03 bits per heavy atom. The van der Waals surface area contributed by atoms with Crippen molar-refractivity contribution in [2.75, 3.05) is 25.2 Å². The second-order valence-corrected chi connectivity index (χ2v) is 18.4. The highest BCUT2D eigenvalue weighted by atomic mass is 35.5. The number of amides is 2. The third kappa shape index (κ3) is 9.66. The molecule has 1 fully saturated rings. The van der Waals surface area contributed by atoms with Gasteiger partial charge in [0, 0.05) is 28.2 Å². The van der Waals surface area contributed by atoms with Gasteiger partial charge in [-0.3, -0.25) is 14.7 Å². The van der Waals surface area contributed by atoms with E-state index in [4.69, 9.17) is 30.5 Å². The molecule has 1 spiro atoms. The van der Waals surface area contributed by atoms with Crippen LogP contribution in [0.25, 0.3) is 0 Å². The van der Waals surface area contributed by atoms with E-state index in [1.54, 1.807) is 27.0 Å². The number of pyridine rings is 1. The molecular weight excluding hydrogens is 799 g/mol. The number of alkyl halides is 3. The summed E-state index contributed by atoms with van der Waals surface area (Å²) in [7, 11) is 1.13. The molecule has 3 aliphatic rings. The Kier molecular flexibility index (Phi) is 13.4. The van der Waals surface area contributed by atoms with Crippen LogP contribution in [-0.2, 0) is 37.3 Å². The number of nitrogens with zero attached hydrogens (tertiary/aromatic N) is 2. The Labute approximate surface area is 355 Å². The first kappa shape index (κ1) is 45.0. The molecule has 2 amide bonds. The first-order valence-electron chi connectivity index (χ1n) is 20.9. The lowest BCUT2D eigenvalue weighted by Gasteiger charge is -2.51. The number of methoxy groups -OCH3 is 1. The van der Waals surface area contributed by atoms with Crippen molar-refractivity contribution in [2.24, 2.45) is 11.8 Å². The standard InChI is InChI=1S/C46H57ClF3N3O7/c1-28(27-58-38-16-21-51-37-13-8-10-29(2)39(37)38)22-32-23-31-14-15-35(59-30(3)26-52-42(56)60-43(4,5)6)25-36(31)44(32)17-19-45(20-18-44,41(55)57-7)53(40(54)46(48,49)50)34-12-9-11-33(47)24-34/h9,11-12,14-16,21,24-25,28-30,32H,8,10,13,17-20,22-23,26-27H2,1-7H3,(H,52,56)/t28-,29-,30-,32+,44?,45?/m1/s1. The molecule has 3 aliphatic carbocycles. The van der Waals surface area contributed by atoms with Crippen LogP contribution < -0.4 is 19.7 Å². The zero-order valence-electron chi connectivity index (χ0n) is 35.5. The Bertz CT molecular complexity index is 2050. The highest BCUT2D eigenvalue weighted by Gasteiger charge is 2.60. The Morgan fingerprint density at radius 3 is 2.43 bits per heavy atom. The van der Waals surface area contributed by atoms with Crippen LogP contribution in [0, 0.1) is 11.8 Å². The maximum Gasteiger partial charge on any atom is 0.471 e. The number of fused-ring (bicyclic) bond motifs is 3. The summed E-state index contributed by atoms with van der Waals surface area (Å²) in [5.74, 6) is -1.22. The molecule has 0 radical (unpaired) electrons. The maximum absolute atomic E-state index is 14.5. The molecule has 1 saturated carbocycles. The summed E-state index contributed by atoms with van der Waals surface area (Å²) in [4.78, 5) is 44.9. The van der Waals surface area contributed by atoms with Gasteiger partial charge in [0.25, 0.3) is 0 Å². The minimum Gasteiger partial charge on any atom is -0.493 e. The van der Waals surface area contributed by atoms with Gasteiger partial charge in [-0.25, -0.2) is 9.59 Å². The third-order valence-corrected chi connectivity index (χ3v) is 12.6. The van der Waals surface area contributed by atoms with Crippen molar-refractivity contribution < 1.29 is 46.5 Å². The fraction of sp³-hybridized carbons (Fsp3) is 0.565. The minimum atomic E-state index is -5.29. The van der Waals surface area contributed by atoms with Crippen molar-refractivity contribution >= 4 is 35.3 Å². The van der Waals surface area contributed by atoms with Gasteiger partial charge in [0.2, 0.25) is 0 Å². The summed E-state index contributed by atoms with van der Waals surface area (Å²) in [6, 6.07) is 13.4. The van der Waals surface area contributed by atoms with Gasteiger partial charge in [-0.1, -0.05) is 37.6 Å². The van der Waals surface area contributed by atoms with Crippen LogP contribution in [0.4, 0.5) is 23.7 Å². The van der Waals surface area contributed by atoms with E-state index in [0.717, 1.165) is 55.4 Å². The number of nitrogens with one attached hydrogen (secondary N) is 1. The third-order valence-electron chi connectivity index (χ3n) is 12.4. The molecule has 0 bridgehead atoms. The molecule has 6 rings (SSSR count). The van der Waals surface area contributed by atoms with Crippen LogP contribution in [0.3, 0.4) is 0 Å². The van der Waals surface area contributed by atoms with E-state index in [-0.39, 0.29) is 54.8 Å². The zero-order chi connectivity index (χ0) is 43.6. The lowest BCUT2D eigenvalue weighted by molar-refractivity contribution is -0.174. The van der Waals surface area contributed by atoms with Gasteiger partial charge < -0.3 is 24.3 Å². The molecule has 4 atom stereocenters. The molecule has 1 N–H and O–H groups in total. The average molecular weight is 856 g/mol. The molecule has 1 aromatic heterocycles. The van der Waals surface area contributed by atoms with Crippen molar-refractivity contribution in [1.29, 1.82) is 0 Å². The largest absolute Gasteiger partial charge is 0.493 e. The van der Waals surface area contributed by atoms with E-state index >= 15 is 0 Å². The number of alkyl carbamates (subject to hydrolysis) is 1. The van der Waals surface area contributed by atoms with Gasteiger partial charge in [-0.15, -0.1) is 0 Å². The molecular formula is C46H57ClF3N3O7. The van der Waals surface area contributed by atoms with Crippen LogP contribution in [0.5, 0.6) is 11.5 Å². The number of halogens is 4. The summed E-state index contributed by atoms with van der Waals surface area (Å²) in [6.07, 6.45) is 0.420. The molecule has 2 aromatic carbocycles. The fourth-order valence-corrected chi connectivity index (χ4v) is 9.91. The molecule has 1 heterocycles. The van der Waals surface area contributed by atoms with E-state index in [1.807, 2.05) is 31.2 Å². The molecule has 60 heavy (non-hydrogen) atoms. The topological polar surface area (TPSA) is 116 Å². The molecule has 0 unspecified atom stereocenters. The molecule has 14 heteroatoms. The monoisotopic (exact) mass is 855 g/mol. The van der Waals surface area contributed by atoms with Crippen molar-refractivity contribution in [3.63, 3.8) is 0 Å². The zero-order valence-corrected chi connectivity index (χ0v) is 36.3. The van der Waals surface area contributed by atoms with Crippen LogP contribution in [0.15, 0.2) is 54.7 Å². The van der Waals surface area contributed by atoms with Gasteiger partial charge in [0.05, 0.1) is 20.3 Å². The average Bonchev–Trinajstić information content (AvgIpc) is 3.46. The first-order valence-corrected chi connectivity index (χ1v) is 21.3. The van der Waals surface area contributed by atoms with Gasteiger partial charge in [-0.2, -0.15) is 13.2 Å². The lowest BCUT2D eigenvalue weighted by atomic mass is 9.59. The lowest BCUT2D eigenvalue weighted by Crippen LogP contribution is -2.63. The summed E-state index contributed by atoms with van der Waals surface area (Å²) < 4.78 is 66.9. The van der Waals surface area contributed by atoms with E-state index in [0.29, 0.717) is 29.6 Å². The van der Waals surface area contributed by atoms with Crippen molar-refractivity contribution in [1.82, 2.24) is 10.3 Å². The molecule has 3 aromatic rings. The number of hydrogen-bond donors (Lipinski definition) is 1. The quantitative estimate of drug-likeness (QED) is 0.179. The van der Waals surface area contributed by atoms with E-state index in [9.17, 15) is 27.6 Å². The predicted molar refractivity (Wildman–Crippen MR) is 223 cm³/mol. The van der Waals surface area contributed by atoms with E-state index < -0.39 is 46.8 Å². The maximum atomic E-state index is 14.5. The Balaban J connectivity index is 1.31. The number of rotatable bonds is 12. The van der Waals surface area contributed by atoms with Crippen LogP contribution in [-0.4, -0.2) is 66.6 Å². The summed E-state index contributed by atoms with van der Waals surface area (Å²) in [6.45, 7) is 12.2. The van der Waals surface area contributed by atoms with Gasteiger partial charge in [0.1, 0.15) is 28.7 Å². The van der Waals surface area contributed by atoms with E-state index in [2.05, 4.69) is 24.1 Å². The van der Waals surface area contributed by atoms with Crippen molar-refractivity contribution in [3.8, 4) is 11.5 Å². The highest BCUT2D eigenvalue weighted by Crippen LogP contribution is 2.58. The number of ether oxygens (including phenoxy) is 4.